The summed E-state index contributed by atoms with van der Waals surface area (Å²) in [5.74, 6) is -0.182. The number of nitrogens with one attached hydrogen (secondary N) is 1. The van der Waals surface area contributed by atoms with E-state index in [1.54, 1.807) is 12.1 Å². The van der Waals surface area contributed by atoms with Crippen molar-refractivity contribution in [3.05, 3.63) is 71.0 Å². The zero-order valence-electron chi connectivity index (χ0n) is 14.0. The van der Waals surface area contributed by atoms with Crippen molar-refractivity contribution in [3.8, 4) is 0 Å². The molecule has 2 aromatic carbocycles. The number of benzene rings is 2. The Balaban J connectivity index is 1.49. The lowest BCUT2D eigenvalue weighted by molar-refractivity contribution is -0.126. The maximum absolute atomic E-state index is 12.9. The lowest BCUT2D eigenvalue weighted by Gasteiger charge is -2.32. The van der Waals surface area contributed by atoms with Crippen LogP contribution in [0.2, 0.25) is 0 Å². The summed E-state index contributed by atoms with van der Waals surface area (Å²) in [5, 5.41) is 2.99. The van der Waals surface area contributed by atoms with E-state index in [0.29, 0.717) is 13.0 Å². The molecule has 126 valence electrons. The summed E-state index contributed by atoms with van der Waals surface area (Å²) in [4.78, 5) is 14.6. The fourth-order valence-corrected chi connectivity index (χ4v) is 3.14. The summed E-state index contributed by atoms with van der Waals surface area (Å²) >= 11 is 0. The van der Waals surface area contributed by atoms with Gasteiger partial charge < -0.3 is 5.32 Å². The molecule has 1 heterocycles. The topological polar surface area (TPSA) is 32.3 Å². The number of fused-ring (bicyclic) bond motifs is 1. The van der Waals surface area contributed by atoms with Crippen molar-refractivity contribution in [2.24, 2.45) is 0 Å². The van der Waals surface area contributed by atoms with Gasteiger partial charge in [0, 0.05) is 19.6 Å². The van der Waals surface area contributed by atoms with Crippen molar-refractivity contribution in [1.29, 1.82) is 0 Å². The van der Waals surface area contributed by atoms with E-state index in [0.717, 1.165) is 25.1 Å². The van der Waals surface area contributed by atoms with Gasteiger partial charge >= 0.3 is 0 Å². The Kier molecular flexibility index (Phi) is 5.26. The normalized spacial score (nSPS) is 15.6. The predicted octanol–water partition coefficient (Wildman–Crippen LogP) is 2.93. The molecule has 0 bridgehead atoms. The van der Waals surface area contributed by atoms with Crippen LogP contribution in [0.25, 0.3) is 0 Å². The highest BCUT2D eigenvalue weighted by Crippen LogP contribution is 2.20. The van der Waals surface area contributed by atoms with Gasteiger partial charge in [0.1, 0.15) is 5.82 Å². The highest BCUT2D eigenvalue weighted by Gasteiger charge is 2.24. The molecule has 1 unspecified atom stereocenters. The third-order valence-electron chi connectivity index (χ3n) is 4.71. The molecule has 1 atom stereocenters. The quantitative estimate of drug-likeness (QED) is 0.916. The molecule has 1 aliphatic rings. The zero-order chi connectivity index (χ0) is 16.9. The van der Waals surface area contributed by atoms with E-state index in [1.807, 2.05) is 6.92 Å². The van der Waals surface area contributed by atoms with Crippen molar-refractivity contribution in [2.75, 3.05) is 13.1 Å². The summed E-state index contributed by atoms with van der Waals surface area (Å²) in [6.07, 6.45) is 1.70. The SMILES string of the molecule is CC(C(=O)NCCc1ccc(F)cc1)N1CCc2ccccc2C1. The number of hydrogen-bond donors (Lipinski definition) is 1. The maximum Gasteiger partial charge on any atom is 0.237 e. The second-order valence-corrected chi connectivity index (χ2v) is 6.33. The number of nitrogens with zero attached hydrogens (tertiary/aromatic N) is 1. The van der Waals surface area contributed by atoms with E-state index >= 15 is 0 Å². The van der Waals surface area contributed by atoms with Crippen LogP contribution >= 0.6 is 0 Å². The number of carbonyl (C=O) groups is 1. The number of halogens is 1. The van der Waals surface area contributed by atoms with Crippen LogP contribution in [0.15, 0.2) is 48.5 Å². The largest absolute Gasteiger partial charge is 0.354 e. The highest BCUT2D eigenvalue weighted by molar-refractivity contribution is 5.81. The molecular weight excluding hydrogens is 303 g/mol. The second kappa shape index (κ2) is 7.58. The Labute approximate surface area is 142 Å². The molecule has 0 saturated carbocycles. The second-order valence-electron chi connectivity index (χ2n) is 6.33. The van der Waals surface area contributed by atoms with Crippen molar-refractivity contribution < 1.29 is 9.18 Å². The zero-order valence-corrected chi connectivity index (χ0v) is 14.0. The first-order chi connectivity index (χ1) is 11.6. The molecule has 0 saturated heterocycles. The minimum atomic E-state index is -0.234. The first kappa shape index (κ1) is 16.7. The van der Waals surface area contributed by atoms with Gasteiger partial charge in [-0.25, -0.2) is 4.39 Å². The van der Waals surface area contributed by atoms with Crippen LogP contribution in [0.1, 0.15) is 23.6 Å². The fourth-order valence-electron chi connectivity index (χ4n) is 3.14. The van der Waals surface area contributed by atoms with Crippen molar-refractivity contribution in [2.45, 2.75) is 32.4 Å². The molecular formula is C20H23FN2O. The molecule has 1 aliphatic heterocycles. The Morgan fingerprint density at radius 1 is 1.17 bits per heavy atom. The minimum Gasteiger partial charge on any atom is -0.354 e. The Morgan fingerprint density at radius 2 is 1.88 bits per heavy atom. The monoisotopic (exact) mass is 326 g/mol. The maximum atomic E-state index is 12.9. The number of hydrogen-bond acceptors (Lipinski definition) is 2. The van der Waals surface area contributed by atoms with Crippen LogP contribution < -0.4 is 5.32 Å². The number of rotatable bonds is 5. The number of amides is 1. The summed E-state index contributed by atoms with van der Waals surface area (Å²) < 4.78 is 12.9. The highest BCUT2D eigenvalue weighted by atomic mass is 19.1. The summed E-state index contributed by atoms with van der Waals surface area (Å²) in [5.41, 5.74) is 3.73. The van der Waals surface area contributed by atoms with E-state index in [9.17, 15) is 9.18 Å². The third kappa shape index (κ3) is 4.01. The fraction of sp³-hybridized carbons (Fsp3) is 0.350. The van der Waals surface area contributed by atoms with Gasteiger partial charge in [0.15, 0.2) is 0 Å². The Morgan fingerprint density at radius 3 is 2.62 bits per heavy atom. The molecule has 3 nitrogen and oxygen atoms in total. The smallest absolute Gasteiger partial charge is 0.237 e. The molecule has 0 radical (unpaired) electrons. The van der Waals surface area contributed by atoms with Crippen LogP contribution in [0.4, 0.5) is 4.39 Å². The third-order valence-corrected chi connectivity index (χ3v) is 4.71. The van der Waals surface area contributed by atoms with E-state index in [1.165, 1.54) is 23.3 Å². The van der Waals surface area contributed by atoms with Crippen molar-refractivity contribution in [1.82, 2.24) is 10.2 Å². The lowest BCUT2D eigenvalue weighted by Crippen LogP contribution is -2.47. The first-order valence-electron chi connectivity index (χ1n) is 8.46. The molecule has 1 N–H and O–H groups in total. The van der Waals surface area contributed by atoms with E-state index in [4.69, 9.17) is 0 Å². The van der Waals surface area contributed by atoms with Gasteiger partial charge in [-0.1, -0.05) is 36.4 Å². The summed E-state index contributed by atoms with van der Waals surface area (Å²) in [7, 11) is 0. The van der Waals surface area contributed by atoms with Gasteiger partial charge in [-0.05, 0) is 48.6 Å². The lowest BCUT2D eigenvalue weighted by atomic mass is 9.99. The van der Waals surface area contributed by atoms with E-state index in [-0.39, 0.29) is 17.8 Å². The van der Waals surface area contributed by atoms with Gasteiger partial charge in [-0.3, -0.25) is 9.69 Å². The van der Waals surface area contributed by atoms with Gasteiger partial charge in [-0.2, -0.15) is 0 Å². The van der Waals surface area contributed by atoms with E-state index in [2.05, 4.69) is 34.5 Å². The van der Waals surface area contributed by atoms with Gasteiger partial charge in [0.2, 0.25) is 5.91 Å². The minimum absolute atomic E-state index is 0.0523. The van der Waals surface area contributed by atoms with Crippen molar-refractivity contribution >= 4 is 5.91 Å². The molecule has 3 rings (SSSR count). The van der Waals surface area contributed by atoms with Crippen LogP contribution in [-0.4, -0.2) is 29.9 Å². The molecule has 2 aromatic rings. The summed E-state index contributed by atoms with van der Waals surface area (Å²) in [6, 6.07) is 14.7. The molecule has 24 heavy (non-hydrogen) atoms. The average Bonchev–Trinajstić information content (AvgIpc) is 2.62. The molecule has 0 spiro atoms. The molecule has 4 heteroatoms. The van der Waals surface area contributed by atoms with Crippen molar-refractivity contribution in [3.63, 3.8) is 0 Å². The Bertz CT molecular complexity index is 699. The molecule has 1 amide bonds. The van der Waals surface area contributed by atoms with Gasteiger partial charge in [-0.15, -0.1) is 0 Å². The van der Waals surface area contributed by atoms with Crippen LogP contribution in [0.5, 0.6) is 0 Å². The molecule has 0 aromatic heterocycles. The summed E-state index contributed by atoms with van der Waals surface area (Å²) in [6.45, 7) is 4.26. The first-order valence-corrected chi connectivity index (χ1v) is 8.46. The predicted molar refractivity (Wildman–Crippen MR) is 93.1 cm³/mol. The van der Waals surface area contributed by atoms with Crippen LogP contribution in [-0.2, 0) is 24.2 Å². The average molecular weight is 326 g/mol. The van der Waals surface area contributed by atoms with E-state index < -0.39 is 0 Å². The molecule has 0 fully saturated rings. The van der Waals surface area contributed by atoms with Gasteiger partial charge in [0.25, 0.3) is 0 Å². The molecule has 0 aliphatic carbocycles. The standard InChI is InChI=1S/C20H23FN2O/c1-15(23-13-11-17-4-2-3-5-18(17)14-23)20(24)22-12-10-16-6-8-19(21)9-7-16/h2-9,15H,10-14H2,1H3,(H,22,24). The van der Waals surface area contributed by atoms with Crippen LogP contribution in [0.3, 0.4) is 0 Å². The number of carbonyl (C=O) groups excluding carboxylic acids is 1. The Hall–Kier alpha value is -2.20. The van der Waals surface area contributed by atoms with Gasteiger partial charge in [0.05, 0.1) is 6.04 Å². The van der Waals surface area contributed by atoms with Crippen LogP contribution in [0, 0.1) is 5.82 Å².